The monoisotopic (exact) mass is 372 g/mol. The van der Waals surface area contributed by atoms with Gasteiger partial charge in [-0.1, -0.05) is 18.2 Å². The van der Waals surface area contributed by atoms with Gasteiger partial charge in [0.1, 0.15) is 10.6 Å². The molecule has 0 unspecified atom stereocenters. The zero-order valence-corrected chi connectivity index (χ0v) is 15.4. The summed E-state index contributed by atoms with van der Waals surface area (Å²) >= 11 is 0. The number of aromatic nitrogens is 3. The van der Waals surface area contributed by atoms with Crippen LogP contribution >= 0.6 is 0 Å². The molecule has 0 saturated heterocycles. The van der Waals surface area contributed by atoms with Gasteiger partial charge in [-0.05, 0) is 37.3 Å². The maximum Gasteiger partial charge on any atom is 0.244 e. The predicted molar refractivity (Wildman–Crippen MR) is 98.1 cm³/mol. The lowest BCUT2D eigenvalue weighted by atomic mass is 10.2. The Labute approximate surface area is 152 Å². The number of pyridine rings is 1. The quantitative estimate of drug-likeness (QED) is 0.688. The lowest BCUT2D eigenvalue weighted by molar-refractivity contribution is 0.331. The first-order chi connectivity index (χ1) is 12.5. The summed E-state index contributed by atoms with van der Waals surface area (Å²) in [5.41, 5.74) is 2.19. The van der Waals surface area contributed by atoms with E-state index < -0.39 is 10.0 Å². The molecular formula is C18H20N4O3S. The van der Waals surface area contributed by atoms with Crippen molar-refractivity contribution in [2.75, 3.05) is 6.61 Å². The van der Waals surface area contributed by atoms with E-state index in [-0.39, 0.29) is 11.4 Å². The van der Waals surface area contributed by atoms with Crippen LogP contribution in [0.1, 0.15) is 12.6 Å². The molecule has 8 heteroatoms. The number of sulfonamides is 1. The molecular weight excluding hydrogens is 352 g/mol. The molecule has 0 saturated carbocycles. The Bertz CT molecular complexity index is 985. The summed E-state index contributed by atoms with van der Waals surface area (Å²) in [5, 5.41) is 4.36. The fourth-order valence-corrected chi connectivity index (χ4v) is 3.70. The van der Waals surface area contributed by atoms with Crippen molar-refractivity contribution in [3.63, 3.8) is 0 Å². The van der Waals surface area contributed by atoms with Crippen molar-refractivity contribution < 1.29 is 13.2 Å². The Morgan fingerprint density at radius 1 is 1.15 bits per heavy atom. The summed E-state index contributed by atoms with van der Waals surface area (Å²) in [7, 11) is -1.92. The van der Waals surface area contributed by atoms with Gasteiger partial charge in [0.05, 0.1) is 30.2 Å². The molecule has 0 spiro atoms. The van der Waals surface area contributed by atoms with Gasteiger partial charge in [0.25, 0.3) is 0 Å². The normalized spacial score (nSPS) is 11.5. The van der Waals surface area contributed by atoms with E-state index in [1.54, 1.807) is 36.1 Å². The van der Waals surface area contributed by atoms with Crippen LogP contribution in [0.2, 0.25) is 0 Å². The number of hydrogen-bond donors (Lipinski definition) is 1. The van der Waals surface area contributed by atoms with Gasteiger partial charge in [0.15, 0.2) is 0 Å². The highest BCUT2D eigenvalue weighted by Gasteiger charge is 2.20. The highest BCUT2D eigenvalue weighted by molar-refractivity contribution is 7.89. The second-order valence-electron chi connectivity index (χ2n) is 5.56. The molecule has 0 amide bonds. The van der Waals surface area contributed by atoms with Crippen LogP contribution in [0.4, 0.5) is 0 Å². The molecule has 0 atom stereocenters. The minimum Gasteiger partial charge on any atom is -0.492 e. The molecule has 3 rings (SSSR count). The molecule has 26 heavy (non-hydrogen) atoms. The van der Waals surface area contributed by atoms with Gasteiger partial charge in [0, 0.05) is 13.2 Å². The van der Waals surface area contributed by atoms with Gasteiger partial charge >= 0.3 is 0 Å². The molecule has 1 aromatic carbocycles. The lowest BCUT2D eigenvalue weighted by Crippen LogP contribution is -2.24. The fraction of sp³-hybridized carbons (Fsp3) is 0.222. The summed E-state index contributed by atoms with van der Waals surface area (Å²) in [6.07, 6.45) is 1.70. The molecule has 0 aliphatic carbocycles. The number of benzene rings is 1. The van der Waals surface area contributed by atoms with Crippen LogP contribution in [0.25, 0.3) is 11.4 Å². The van der Waals surface area contributed by atoms with Gasteiger partial charge in [-0.25, -0.2) is 13.1 Å². The van der Waals surface area contributed by atoms with Crippen LogP contribution in [0.15, 0.2) is 59.6 Å². The molecule has 1 N–H and O–H groups in total. The van der Waals surface area contributed by atoms with Crippen LogP contribution in [-0.2, 0) is 23.6 Å². The predicted octanol–water partition coefficient (Wildman–Crippen LogP) is 2.36. The van der Waals surface area contributed by atoms with E-state index in [0.717, 1.165) is 11.4 Å². The number of rotatable bonds is 7. The van der Waals surface area contributed by atoms with Crippen molar-refractivity contribution in [3.05, 3.63) is 60.4 Å². The molecule has 0 fully saturated rings. The number of ether oxygens (including phenoxy) is 1. The SMILES string of the molecule is CCOc1ccccc1S(=O)(=O)NCc1cc(-c2ccccn2)n(C)n1. The maximum absolute atomic E-state index is 12.6. The van der Waals surface area contributed by atoms with E-state index in [0.29, 0.717) is 18.1 Å². The van der Waals surface area contributed by atoms with Crippen molar-refractivity contribution in [1.29, 1.82) is 0 Å². The first kappa shape index (κ1) is 18.1. The van der Waals surface area contributed by atoms with Gasteiger partial charge < -0.3 is 4.74 Å². The third kappa shape index (κ3) is 3.92. The van der Waals surface area contributed by atoms with E-state index in [2.05, 4.69) is 14.8 Å². The van der Waals surface area contributed by atoms with Crippen molar-refractivity contribution >= 4 is 10.0 Å². The summed E-state index contributed by atoms with van der Waals surface area (Å²) in [6.45, 7) is 2.27. The molecule has 0 bridgehead atoms. The Morgan fingerprint density at radius 2 is 1.92 bits per heavy atom. The summed E-state index contributed by atoms with van der Waals surface area (Å²) in [6, 6.07) is 14.0. The summed E-state index contributed by atoms with van der Waals surface area (Å²) in [5.74, 6) is 0.331. The summed E-state index contributed by atoms with van der Waals surface area (Å²) < 4.78 is 34.9. The number of para-hydroxylation sites is 1. The average molecular weight is 372 g/mol. The molecule has 7 nitrogen and oxygen atoms in total. The molecule has 2 aromatic heterocycles. The Balaban J connectivity index is 1.79. The number of hydrogen-bond acceptors (Lipinski definition) is 5. The standard InChI is InChI=1S/C18H20N4O3S/c1-3-25-17-9-4-5-10-18(17)26(23,24)20-13-14-12-16(22(2)21-14)15-8-6-7-11-19-15/h4-12,20H,3,13H2,1-2H3. The van der Waals surface area contributed by atoms with E-state index >= 15 is 0 Å². The van der Waals surface area contributed by atoms with E-state index in [1.807, 2.05) is 31.2 Å². The van der Waals surface area contributed by atoms with Gasteiger partial charge in [-0.2, -0.15) is 5.10 Å². The van der Waals surface area contributed by atoms with Crippen LogP contribution < -0.4 is 9.46 Å². The van der Waals surface area contributed by atoms with E-state index in [9.17, 15) is 8.42 Å². The molecule has 0 radical (unpaired) electrons. The number of nitrogens with one attached hydrogen (secondary N) is 1. The Morgan fingerprint density at radius 3 is 2.65 bits per heavy atom. The average Bonchev–Trinajstić information content (AvgIpc) is 3.02. The first-order valence-corrected chi connectivity index (χ1v) is 9.65. The van der Waals surface area contributed by atoms with Gasteiger partial charge in [-0.3, -0.25) is 9.67 Å². The van der Waals surface area contributed by atoms with Gasteiger partial charge in [0.2, 0.25) is 10.0 Å². The van der Waals surface area contributed by atoms with Crippen molar-refractivity contribution in [3.8, 4) is 17.1 Å². The maximum atomic E-state index is 12.6. The largest absolute Gasteiger partial charge is 0.492 e. The van der Waals surface area contributed by atoms with E-state index in [4.69, 9.17) is 4.74 Å². The fourth-order valence-electron chi connectivity index (χ4n) is 2.56. The Hall–Kier alpha value is -2.71. The summed E-state index contributed by atoms with van der Waals surface area (Å²) in [4.78, 5) is 4.41. The smallest absolute Gasteiger partial charge is 0.244 e. The van der Waals surface area contributed by atoms with Crippen LogP contribution in [0.3, 0.4) is 0 Å². The zero-order valence-electron chi connectivity index (χ0n) is 14.6. The minimum absolute atomic E-state index is 0.0729. The van der Waals surface area contributed by atoms with E-state index in [1.165, 1.54) is 6.07 Å². The molecule has 136 valence electrons. The van der Waals surface area contributed by atoms with Crippen molar-refractivity contribution in [2.24, 2.45) is 7.05 Å². The van der Waals surface area contributed by atoms with Gasteiger partial charge in [-0.15, -0.1) is 0 Å². The third-order valence-corrected chi connectivity index (χ3v) is 5.18. The topological polar surface area (TPSA) is 86.1 Å². The third-order valence-electron chi connectivity index (χ3n) is 3.74. The van der Waals surface area contributed by atoms with Crippen molar-refractivity contribution in [1.82, 2.24) is 19.5 Å². The van der Waals surface area contributed by atoms with Crippen LogP contribution in [0.5, 0.6) is 5.75 Å². The lowest BCUT2D eigenvalue weighted by Gasteiger charge is -2.10. The van der Waals surface area contributed by atoms with Crippen LogP contribution in [-0.4, -0.2) is 29.8 Å². The molecule has 2 heterocycles. The molecule has 0 aliphatic heterocycles. The zero-order chi connectivity index (χ0) is 18.6. The highest BCUT2D eigenvalue weighted by Crippen LogP contribution is 2.23. The first-order valence-electron chi connectivity index (χ1n) is 8.17. The van der Waals surface area contributed by atoms with Crippen LogP contribution in [0, 0.1) is 0 Å². The van der Waals surface area contributed by atoms with Crippen molar-refractivity contribution in [2.45, 2.75) is 18.4 Å². The number of nitrogens with zero attached hydrogens (tertiary/aromatic N) is 3. The highest BCUT2D eigenvalue weighted by atomic mass is 32.2. The molecule has 3 aromatic rings. The molecule has 0 aliphatic rings. The second kappa shape index (κ2) is 7.67. The second-order valence-corrected chi connectivity index (χ2v) is 7.30. The Kier molecular flexibility index (Phi) is 5.34. The minimum atomic E-state index is -3.72. The number of aryl methyl sites for hydroxylation is 1.